The van der Waals surface area contributed by atoms with Gasteiger partial charge in [-0.3, -0.25) is 0 Å². The van der Waals surface area contributed by atoms with Gasteiger partial charge in [0.15, 0.2) is 0 Å². The Balaban J connectivity index is 3.38. The van der Waals surface area contributed by atoms with Gasteiger partial charge in [0, 0.05) is 5.56 Å². The summed E-state index contributed by atoms with van der Waals surface area (Å²) in [6, 6.07) is 2.30. The lowest BCUT2D eigenvalue weighted by Gasteiger charge is -2.23. The molecule has 3 heteroatoms. The van der Waals surface area contributed by atoms with E-state index in [4.69, 9.17) is 0 Å². The highest BCUT2D eigenvalue weighted by molar-refractivity contribution is 5.37. The van der Waals surface area contributed by atoms with Crippen LogP contribution in [0.5, 0.6) is 0 Å². The van der Waals surface area contributed by atoms with E-state index in [-0.39, 0.29) is 11.0 Å². The molecule has 0 radical (unpaired) electrons. The Hall–Kier alpha value is -0.990. The molecule has 0 spiro atoms. The first-order valence-electron chi connectivity index (χ1n) is 4.82. The fourth-order valence-electron chi connectivity index (χ4n) is 1.60. The Kier molecular flexibility index (Phi) is 3.12. The molecular formula is C12H15F3. The van der Waals surface area contributed by atoms with Gasteiger partial charge in [-0.2, -0.15) is 0 Å². The number of hydrogen-bond acceptors (Lipinski definition) is 0. The van der Waals surface area contributed by atoms with E-state index in [1.165, 1.54) is 6.07 Å². The van der Waals surface area contributed by atoms with Gasteiger partial charge in [0.05, 0.1) is 0 Å². The average Bonchev–Trinajstić information content (AvgIpc) is 2.06. The normalized spacial score (nSPS) is 12.3. The van der Waals surface area contributed by atoms with Crippen LogP contribution < -0.4 is 0 Å². The van der Waals surface area contributed by atoms with Crippen LogP contribution in [-0.4, -0.2) is 0 Å². The second-order valence-electron chi connectivity index (χ2n) is 4.73. The van der Waals surface area contributed by atoms with E-state index in [2.05, 4.69) is 0 Å². The fourth-order valence-corrected chi connectivity index (χ4v) is 1.60. The minimum atomic E-state index is -2.62. The van der Waals surface area contributed by atoms with Gasteiger partial charge in [-0.1, -0.05) is 20.8 Å². The third-order valence-electron chi connectivity index (χ3n) is 2.43. The van der Waals surface area contributed by atoms with Crippen LogP contribution >= 0.6 is 0 Å². The molecule has 0 nitrogen and oxygen atoms in total. The SMILES string of the molecule is Cc1c(F)cc(C(F)F)cc1C(C)(C)C. The Bertz CT molecular complexity index is 362. The van der Waals surface area contributed by atoms with Gasteiger partial charge in [-0.25, -0.2) is 13.2 Å². The second kappa shape index (κ2) is 3.87. The Morgan fingerprint density at radius 1 is 1.13 bits per heavy atom. The summed E-state index contributed by atoms with van der Waals surface area (Å²) in [7, 11) is 0. The van der Waals surface area contributed by atoms with Gasteiger partial charge < -0.3 is 0 Å². The molecule has 1 rings (SSSR count). The largest absolute Gasteiger partial charge is 0.263 e. The zero-order valence-electron chi connectivity index (χ0n) is 9.37. The number of hydrogen-bond donors (Lipinski definition) is 0. The van der Waals surface area contributed by atoms with Gasteiger partial charge in [0.25, 0.3) is 6.43 Å². The molecule has 0 unspecified atom stereocenters. The summed E-state index contributed by atoms with van der Waals surface area (Å²) in [5.41, 5.74) is 0.517. The van der Waals surface area contributed by atoms with E-state index in [1.54, 1.807) is 6.92 Å². The minimum absolute atomic E-state index is 0.247. The molecule has 0 N–H and O–H groups in total. The summed E-state index contributed by atoms with van der Waals surface area (Å²) in [6.07, 6.45) is -2.62. The maximum Gasteiger partial charge on any atom is 0.263 e. The minimum Gasteiger partial charge on any atom is -0.207 e. The molecule has 0 heterocycles. The van der Waals surface area contributed by atoms with Crippen molar-refractivity contribution in [2.45, 2.75) is 39.5 Å². The first-order chi connectivity index (χ1) is 6.73. The summed E-state index contributed by atoms with van der Waals surface area (Å²) in [6.45, 7) is 7.25. The highest BCUT2D eigenvalue weighted by atomic mass is 19.3. The number of halogens is 3. The Morgan fingerprint density at radius 2 is 1.67 bits per heavy atom. The molecule has 0 saturated carbocycles. The molecule has 0 amide bonds. The average molecular weight is 216 g/mol. The maximum absolute atomic E-state index is 13.4. The van der Waals surface area contributed by atoms with E-state index in [0.29, 0.717) is 11.1 Å². The first-order valence-corrected chi connectivity index (χ1v) is 4.82. The number of rotatable bonds is 1. The van der Waals surface area contributed by atoms with Crippen LogP contribution in [0.3, 0.4) is 0 Å². The van der Waals surface area contributed by atoms with E-state index >= 15 is 0 Å². The predicted octanol–water partition coefficient (Wildman–Crippen LogP) is 4.37. The Morgan fingerprint density at radius 3 is 2.07 bits per heavy atom. The molecular weight excluding hydrogens is 201 g/mol. The lowest BCUT2D eigenvalue weighted by Crippen LogP contribution is -2.14. The summed E-state index contributed by atoms with van der Waals surface area (Å²) in [5, 5.41) is 0. The third-order valence-corrected chi connectivity index (χ3v) is 2.43. The molecule has 0 aliphatic rings. The van der Waals surface area contributed by atoms with Crippen molar-refractivity contribution >= 4 is 0 Å². The monoisotopic (exact) mass is 216 g/mol. The summed E-state index contributed by atoms with van der Waals surface area (Å²) in [5.74, 6) is -0.558. The zero-order valence-corrected chi connectivity index (χ0v) is 9.37. The van der Waals surface area contributed by atoms with E-state index in [0.717, 1.165) is 6.07 Å². The number of alkyl halides is 2. The van der Waals surface area contributed by atoms with Gasteiger partial charge in [0.2, 0.25) is 0 Å². The van der Waals surface area contributed by atoms with Crippen molar-refractivity contribution in [3.63, 3.8) is 0 Å². The van der Waals surface area contributed by atoms with Crippen LogP contribution in [0.15, 0.2) is 12.1 Å². The molecule has 15 heavy (non-hydrogen) atoms. The molecule has 0 bridgehead atoms. The fraction of sp³-hybridized carbons (Fsp3) is 0.500. The van der Waals surface area contributed by atoms with Crippen molar-refractivity contribution in [3.8, 4) is 0 Å². The summed E-state index contributed by atoms with van der Waals surface area (Å²) < 4.78 is 38.4. The first kappa shape index (κ1) is 12.1. The van der Waals surface area contributed by atoms with Crippen molar-refractivity contribution in [2.24, 2.45) is 0 Å². The van der Waals surface area contributed by atoms with E-state index in [1.807, 2.05) is 20.8 Å². The highest BCUT2D eigenvalue weighted by Crippen LogP contribution is 2.31. The quantitative estimate of drug-likeness (QED) is 0.654. The van der Waals surface area contributed by atoms with Crippen molar-refractivity contribution in [1.82, 2.24) is 0 Å². The smallest absolute Gasteiger partial charge is 0.207 e. The van der Waals surface area contributed by atoms with Gasteiger partial charge in [0.1, 0.15) is 5.82 Å². The summed E-state index contributed by atoms with van der Waals surface area (Å²) >= 11 is 0. The predicted molar refractivity (Wildman–Crippen MR) is 54.8 cm³/mol. The molecule has 0 aliphatic heterocycles. The lowest BCUT2D eigenvalue weighted by molar-refractivity contribution is 0.150. The second-order valence-corrected chi connectivity index (χ2v) is 4.73. The van der Waals surface area contributed by atoms with Crippen LogP contribution in [0.25, 0.3) is 0 Å². The topological polar surface area (TPSA) is 0 Å². The Labute approximate surface area is 88.1 Å². The molecule has 0 fully saturated rings. The lowest BCUT2D eigenvalue weighted by atomic mass is 9.83. The van der Waals surface area contributed by atoms with Crippen molar-refractivity contribution in [1.29, 1.82) is 0 Å². The van der Waals surface area contributed by atoms with Crippen molar-refractivity contribution in [3.05, 3.63) is 34.6 Å². The van der Waals surface area contributed by atoms with Crippen LogP contribution in [0.4, 0.5) is 13.2 Å². The van der Waals surface area contributed by atoms with Crippen LogP contribution in [0, 0.1) is 12.7 Å². The molecule has 1 aromatic carbocycles. The van der Waals surface area contributed by atoms with Crippen LogP contribution in [-0.2, 0) is 5.41 Å². The highest BCUT2D eigenvalue weighted by Gasteiger charge is 2.21. The zero-order chi connectivity index (χ0) is 11.8. The van der Waals surface area contributed by atoms with Crippen LogP contribution in [0.2, 0.25) is 0 Å². The third kappa shape index (κ3) is 2.52. The molecule has 0 saturated heterocycles. The molecule has 0 aliphatic carbocycles. The van der Waals surface area contributed by atoms with Crippen molar-refractivity contribution < 1.29 is 13.2 Å². The van der Waals surface area contributed by atoms with Crippen LogP contribution in [0.1, 0.15) is 43.9 Å². The molecule has 84 valence electrons. The maximum atomic E-state index is 13.4. The van der Waals surface area contributed by atoms with Gasteiger partial charge in [-0.05, 0) is 35.6 Å². The van der Waals surface area contributed by atoms with E-state index < -0.39 is 12.2 Å². The van der Waals surface area contributed by atoms with E-state index in [9.17, 15) is 13.2 Å². The molecule has 0 aromatic heterocycles. The molecule has 0 atom stereocenters. The van der Waals surface area contributed by atoms with Gasteiger partial charge in [-0.15, -0.1) is 0 Å². The van der Waals surface area contributed by atoms with Crippen molar-refractivity contribution in [2.75, 3.05) is 0 Å². The summed E-state index contributed by atoms with van der Waals surface area (Å²) in [4.78, 5) is 0. The standard InChI is InChI=1S/C12H15F3/c1-7-9(12(2,3)4)5-8(11(14)15)6-10(7)13/h5-6,11H,1-4H3. The molecule has 1 aromatic rings. The van der Waals surface area contributed by atoms with Gasteiger partial charge >= 0.3 is 0 Å². The number of benzene rings is 1.